The van der Waals surface area contributed by atoms with E-state index in [2.05, 4.69) is 20.9 Å². The Bertz CT molecular complexity index is 1030. The van der Waals surface area contributed by atoms with E-state index in [0.717, 1.165) is 36.2 Å². The van der Waals surface area contributed by atoms with E-state index < -0.39 is 0 Å². The molecule has 0 saturated carbocycles. The zero-order chi connectivity index (χ0) is 20.2. The Hall–Kier alpha value is -3.48. The van der Waals surface area contributed by atoms with Crippen molar-refractivity contribution in [2.24, 2.45) is 5.92 Å². The quantitative estimate of drug-likeness (QED) is 0.678. The van der Waals surface area contributed by atoms with Gasteiger partial charge < -0.3 is 10.6 Å². The molecule has 0 aliphatic carbocycles. The topological polar surface area (TPSA) is 88.9 Å². The van der Waals surface area contributed by atoms with Crippen molar-refractivity contribution in [2.45, 2.75) is 26.3 Å². The standard InChI is InChI=1S/C22H23N5O2/c1-15-7-8-17(13-19(15)22(29)24-18-5-3-2-4-6-18)20-14-27(26-25-20)12-10-16-9-11-23-21(16)28/h2-8,13-14,16H,9-12H2,1H3,(H,23,28)(H,24,29). The Morgan fingerprint density at radius 1 is 1.24 bits per heavy atom. The molecular formula is C22H23N5O2. The van der Waals surface area contributed by atoms with Gasteiger partial charge in [-0.1, -0.05) is 35.5 Å². The number of rotatable bonds is 6. The molecule has 29 heavy (non-hydrogen) atoms. The van der Waals surface area contributed by atoms with E-state index in [4.69, 9.17) is 0 Å². The highest BCUT2D eigenvalue weighted by Crippen LogP contribution is 2.22. The monoisotopic (exact) mass is 389 g/mol. The van der Waals surface area contributed by atoms with Crippen LogP contribution in [0.1, 0.15) is 28.8 Å². The number of aryl methyl sites for hydroxylation is 2. The molecule has 0 radical (unpaired) electrons. The Morgan fingerprint density at radius 2 is 2.07 bits per heavy atom. The third-order valence-corrected chi connectivity index (χ3v) is 5.22. The predicted octanol–water partition coefficient (Wildman–Crippen LogP) is 3.03. The van der Waals surface area contributed by atoms with Crippen molar-refractivity contribution < 1.29 is 9.59 Å². The van der Waals surface area contributed by atoms with Crippen LogP contribution in [0.3, 0.4) is 0 Å². The zero-order valence-electron chi connectivity index (χ0n) is 16.3. The maximum absolute atomic E-state index is 12.7. The van der Waals surface area contributed by atoms with Crippen LogP contribution in [0.25, 0.3) is 11.3 Å². The second-order valence-electron chi connectivity index (χ2n) is 7.28. The summed E-state index contributed by atoms with van der Waals surface area (Å²) < 4.78 is 1.75. The number of carbonyl (C=O) groups is 2. The van der Waals surface area contributed by atoms with Gasteiger partial charge in [0.25, 0.3) is 5.91 Å². The minimum absolute atomic E-state index is 0.0512. The van der Waals surface area contributed by atoms with Gasteiger partial charge in [-0.15, -0.1) is 5.10 Å². The number of aromatic nitrogens is 3. The van der Waals surface area contributed by atoms with E-state index in [1.165, 1.54) is 0 Å². The van der Waals surface area contributed by atoms with Crippen LogP contribution in [-0.2, 0) is 11.3 Å². The second kappa shape index (κ2) is 8.26. The van der Waals surface area contributed by atoms with Gasteiger partial charge in [0.05, 0.1) is 6.20 Å². The molecule has 2 amide bonds. The number of hydrogen-bond acceptors (Lipinski definition) is 4. The van der Waals surface area contributed by atoms with Crippen molar-refractivity contribution in [3.8, 4) is 11.3 Å². The molecule has 7 nitrogen and oxygen atoms in total. The fraction of sp³-hybridized carbons (Fsp3) is 0.273. The average Bonchev–Trinajstić information content (AvgIpc) is 3.36. The first-order valence-corrected chi connectivity index (χ1v) is 9.75. The number of nitrogens with zero attached hydrogens (tertiary/aromatic N) is 3. The molecule has 0 spiro atoms. The summed E-state index contributed by atoms with van der Waals surface area (Å²) in [5.74, 6) is 0.0171. The molecule has 1 aliphatic rings. The number of para-hydroxylation sites is 1. The molecule has 1 aliphatic heterocycles. The SMILES string of the molecule is Cc1ccc(-c2cn(CCC3CCNC3=O)nn2)cc1C(=O)Nc1ccccc1. The highest BCUT2D eigenvalue weighted by molar-refractivity contribution is 6.05. The lowest BCUT2D eigenvalue weighted by molar-refractivity contribution is -0.122. The van der Waals surface area contributed by atoms with E-state index >= 15 is 0 Å². The van der Waals surface area contributed by atoms with Gasteiger partial charge in [0.2, 0.25) is 5.91 Å². The summed E-state index contributed by atoms with van der Waals surface area (Å²) in [6, 6.07) is 15.1. The molecule has 4 rings (SSSR count). The first kappa shape index (κ1) is 18.9. The van der Waals surface area contributed by atoms with E-state index in [1.807, 2.05) is 61.7 Å². The van der Waals surface area contributed by atoms with Crippen molar-refractivity contribution in [2.75, 3.05) is 11.9 Å². The minimum Gasteiger partial charge on any atom is -0.356 e. The zero-order valence-corrected chi connectivity index (χ0v) is 16.3. The summed E-state index contributed by atoms with van der Waals surface area (Å²) in [7, 11) is 0. The van der Waals surface area contributed by atoms with Crippen LogP contribution >= 0.6 is 0 Å². The second-order valence-corrected chi connectivity index (χ2v) is 7.28. The Morgan fingerprint density at radius 3 is 2.83 bits per heavy atom. The summed E-state index contributed by atoms with van der Waals surface area (Å²) in [5.41, 5.74) is 3.78. The molecule has 1 unspecified atom stereocenters. The van der Waals surface area contributed by atoms with Crippen LogP contribution in [0.2, 0.25) is 0 Å². The molecule has 3 aromatic rings. The first-order valence-electron chi connectivity index (χ1n) is 9.75. The maximum atomic E-state index is 12.7. The van der Waals surface area contributed by atoms with Gasteiger partial charge in [-0.3, -0.25) is 14.3 Å². The number of carbonyl (C=O) groups excluding carboxylic acids is 2. The largest absolute Gasteiger partial charge is 0.356 e. The van der Waals surface area contributed by atoms with E-state index in [9.17, 15) is 9.59 Å². The summed E-state index contributed by atoms with van der Waals surface area (Å²) in [5, 5.41) is 14.2. The van der Waals surface area contributed by atoms with Crippen molar-refractivity contribution >= 4 is 17.5 Å². The lowest BCUT2D eigenvalue weighted by atomic mass is 10.0. The third kappa shape index (κ3) is 4.34. The average molecular weight is 389 g/mol. The molecule has 2 N–H and O–H groups in total. The van der Waals surface area contributed by atoms with Crippen LogP contribution in [0.5, 0.6) is 0 Å². The Labute approximate surface area is 169 Å². The summed E-state index contributed by atoms with van der Waals surface area (Å²) >= 11 is 0. The number of hydrogen-bond donors (Lipinski definition) is 2. The normalized spacial score (nSPS) is 15.9. The molecule has 0 bridgehead atoms. The van der Waals surface area contributed by atoms with Crippen molar-refractivity contribution in [3.63, 3.8) is 0 Å². The van der Waals surface area contributed by atoms with Crippen molar-refractivity contribution in [1.29, 1.82) is 0 Å². The van der Waals surface area contributed by atoms with Crippen LogP contribution in [0.15, 0.2) is 54.7 Å². The highest BCUT2D eigenvalue weighted by Gasteiger charge is 2.23. The van der Waals surface area contributed by atoms with Crippen LogP contribution in [0, 0.1) is 12.8 Å². The van der Waals surface area contributed by atoms with Gasteiger partial charge in [0.1, 0.15) is 5.69 Å². The predicted molar refractivity (Wildman–Crippen MR) is 110 cm³/mol. The minimum atomic E-state index is -0.157. The smallest absolute Gasteiger partial charge is 0.255 e. The molecule has 1 fully saturated rings. The molecular weight excluding hydrogens is 366 g/mol. The van der Waals surface area contributed by atoms with Gasteiger partial charge in [-0.05, 0) is 43.5 Å². The molecule has 2 heterocycles. The van der Waals surface area contributed by atoms with E-state index in [0.29, 0.717) is 17.8 Å². The highest BCUT2D eigenvalue weighted by atomic mass is 16.2. The van der Waals surface area contributed by atoms with E-state index in [-0.39, 0.29) is 17.7 Å². The number of amides is 2. The molecule has 2 aromatic carbocycles. The number of nitrogens with one attached hydrogen (secondary N) is 2. The summed E-state index contributed by atoms with van der Waals surface area (Å²) in [4.78, 5) is 24.4. The molecule has 148 valence electrons. The lowest BCUT2D eigenvalue weighted by Crippen LogP contribution is -2.20. The van der Waals surface area contributed by atoms with Crippen LogP contribution in [-0.4, -0.2) is 33.4 Å². The molecule has 1 saturated heterocycles. The third-order valence-electron chi connectivity index (χ3n) is 5.22. The fourth-order valence-corrected chi connectivity index (χ4v) is 3.49. The number of anilines is 1. The number of benzene rings is 2. The Kier molecular flexibility index (Phi) is 5.37. The molecule has 1 atom stereocenters. The van der Waals surface area contributed by atoms with Crippen molar-refractivity contribution in [3.05, 3.63) is 65.9 Å². The summed E-state index contributed by atoms with van der Waals surface area (Å²) in [6.45, 7) is 3.30. The first-order chi connectivity index (χ1) is 14.1. The van der Waals surface area contributed by atoms with Gasteiger partial charge in [0.15, 0.2) is 0 Å². The van der Waals surface area contributed by atoms with Crippen molar-refractivity contribution in [1.82, 2.24) is 20.3 Å². The lowest BCUT2D eigenvalue weighted by Gasteiger charge is -2.09. The van der Waals surface area contributed by atoms with Gasteiger partial charge in [-0.2, -0.15) is 0 Å². The van der Waals surface area contributed by atoms with Crippen LogP contribution in [0.4, 0.5) is 5.69 Å². The molecule has 7 heteroatoms. The van der Waals surface area contributed by atoms with Gasteiger partial charge >= 0.3 is 0 Å². The van der Waals surface area contributed by atoms with E-state index in [1.54, 1.807) is 4.68 Å². The Balaban J connectivity index is 1.48. The summed E-state index contributed by atoms with van der Waals surface area (Å²) in [6.07, 6.45) is 3.47. The maximum Gasteiger partial charge on any atom is 0.255 e. The molecule has 1 aromatic heterocycles. The fourth-order valence-electron chi connectivity index (χ4n) is 3.49. The van der Waals surface area contributed by atoms with Gasteiger partial charge in [-0.25, -0.2) is 0 Å². The van der Waals surface area contributed by atoms with Crippen LogP contribution < -0.4 is 10.6 Å². The van der Waals surface area contributed by atoms with Gasteiger partial charge in [0, 0.05) is 35.8 Å².